The zero-order chi connectivity index (χ0) is 24.1. The number of aromatic nitrogens is 1. The smallest absolute Gasteiger partial charge is 0.243 e. The Balaban J connectivity index is 1.38. The Hall–Kier alpha value is -2.82. The first-order chi connectivity index (χ1) is 16.4. The van der Waals surface area contributed by atoms with E-state index < -0.39 is 10.0 Å². The van der Waals surface area contributed by atoms with Gasteiger partial charge in [-0.1, -0.05) is 12.1 Å². The Bertz CT molecular complexity index is 1200. The van der Waals surface area contributed by atoms with Crippen molar-refractivity contribution in [3.8, 4) is 17.2 Å². The molecule has 10 heteroatoms. The Morgan fingerprint density at radius 3 is 2.32 bits per heavy atom. The molecule has 34 heavy (non-hydrogen) atoms. The number of piperazine rings is 1. The van der Waals surface area contributed by atoms with Crippen molar-refractivity contribution < 1.29 is 22.6 Å². The van der Waals surface area contributed by atoms with E-state index in [0.29, 0.717) is 44.3 Å². The van der Waals surface area contributed by atoms with E-state index in [0.717, 1.165) is 23.0 Å². The molecular weight excluding hydrogens is 474 g/mol. The van der Waals surface area contributed by atoms with E-state index >= 15 is 0 Å². The SMILES string of the molecule is CCOc1ccc(Cc2csc(N3CCN(S(=O)(=O)c4ccc(OC)c(OC)c4)CC3)n2)cc1. The second-order valence-corrected chi connectivity index (χ2v) is 10.6. The lowest BCUT2D eigenvalue weighted by atomic mass is 10.1. The predicted octanol–water partition coefficient (Wildman–Crippen LogP) is 3.66. The van der Waals surface area contributed by atoms with E-state index in [1.165, 1.54) is 30.2 Å². The van der Waals surface area contributed by atoms with Gasteiger partial charge in [0.25, 0.3) is 0 Å². The Morgan fingerprint density at radius 2 is 1.68 bits per heavy atom. The molecule has 0 saturated carbocycles. The average molecular weight is 504 g/mol. The molecule has 1 fully saturated rings. The van der Waals surface area contributed by atoms with Gasteiger partial charge in [-0.15, -0.1) is 11.3 Å². The highest BCUT2D eigenvalue weighted by molar-refractivity contribution is 7.89. The zero-order valence-electron chi connectivity index (χ0n) is 19.6. The lowest BCUT2D eigenvalue weighted by molar-refractivity contribution is 0.340. The van der Waals surface area contributed by atoms with E-state index in [9.17, 15) is 8.42 Å². The fraction of sp³-hybridized carbons (Fsp3) is 0.375. The van der Waals surface area contributed by atoms with Crippen LogP contribution in [0.1, 0.15) is 18.2 Å². The maximum Gasteiger partial charge on any atom is 0.243 e. The maximum atomic E-state index is 13.2. The fourth-order valence-electron chi connectivity index (χ4n) is 3.85. The third-order valence-corrected chi connectivity index (χ3v) is 8.51. The number of ether oxygens (including phenoxy) is 3. The van der Waals surface area contributed by atoms with Gasteiger partial charge >= 0.3 is 0 Å². The van der Waals surface area contributed by atoms with Gasteiger partial charge in [0, 0.05) is 44.0 Å². The molecular formula is C24H29N3O5S2. The summed E-state index contributed by atoms with van der Waals surface area (Å²) < 4.78 is 43.8. The molecule has 1 aliphatic heterocycles. The first kappa shape index (κ1) is 24.3. The van der Waals surface area contributed by atoms with Gasteiger partial charge in [-0.3, -0.25) is 0 Å². The van der Waals surface area contributed by atoms with Crippen molar-refractivity contribution in [3.63, 3.8) is 0 Å². The summed E-state index contributed by atoms with van der Waals surface area (Å²) in [4.78, 5) is 7.14. The number of hydrogen-bond acceptors (Lipinski definition) is 8. The molecule has 0 atom stereocenters. The van der Waals surface area contributed by atoms with Gasteiger partial charge in [0.1, 0.15) is 5.75 Å². The lowest BCUT2D eigenvalue weighted by Crippen LogP contribution is -2.48. The molecule has 0 unspecified atom stereocenters. The highest BCUT2D eigenvalue weighted by Crippen LogP contribution is 2.31. The molecule has 2 aromatic carbocycles. The van der Waals surface area contributed by atoms with Crippen LogP contribution in [0, 0.1) is 0 Å². The van der Waals surface area contributed by atoms with Gasteiger partial charge in [-0.25, -0.2) is 13.4 Å². The molecule has 0 radical (unpaired) electrons. The minimum Gasteiger partial charge on any atom is -0.494 e. The topological polar surface area (TPSA) is 81.2 Å². The molecule has 2 heterocycles. The van der Waals surface area contributed by atoms with Gasteiger partial charge < -0.3 is 19.1 Å². The predicted molar refractivity (Wildman–Crippen MR) is 133 cm³/mol. The second kappa shape index (κ2) is 10.6. The van der Waals surface area contributed by atoms with E-state index in [4.69, 9.17) is 19.2 Å². The Morgan fingerprint density at radius 1 is 0.971 bits per heavy atom. The van der Waals surface area contributed by atoms with Gasteiger partial charge in [0.2, 0.25) is 10.0 Å². The van der Waals surface area contributed by atoms with Crippen molar-refractivity contribution in [2.45, 2.75) is 18.2 Å². The fourth-order valence-corrected chi connectivity index (χ4v) is 6.17. The van der Waals surface area contributed by atoms with E-state index in [1.54, 1.807) is 23.5 Å². The molecule has 0 spiro atoms. The van der Waals surface area contributed by atoms with Crippen molar-refractivity contribution in [3.05, 3.63) is 59.1 Å². The van der Waals surface area contributed by atoms with Crippen LogP contribution < -0.4 is 19.1 Å². The van der Waals surface area contributed by atoms with Crippen LogP contribution in [-0.2, 0) is 16.4 Å². The molecule has 0 bridgehead atoms. The molecule has 4 rings (SSSR count). The van der Waals surface area contributed by atoms with Crippen molar-refractivity contribution in [2.75, 3.05) is 51.9 Å². The number of methoxy groups -OCH3 is 2. The maximum absolute atomic E-state index is 13.2. The number of nitrogens with zero attached hydrogens (tertiary/aromatic N) is 3. The highest BCUT2D eigenvalue weighted by Gasteiger charge is 2.30. The summed E-state index contributed by atoms with van der Waals surface area (Å²) >= 11 is 1.59. The molecule has 1 aliphatic rings. The van der Waals surface area contributed by atoms with Crippen molar-refractivity contribution in [1.29, 1.82) is 0 Å². The molecule has 182 valence electrons. The van der Waals surface area contributed by atoms with E-state index in [2.05, 4.69) is 22.4 Å². The second-order valence-electron chi connectivity index (χ2n) is 7.78. The molecule has 1 aromatic heterocycles. The van der Waals surface area contributed by atoms with Crippen LogP contribution in [0.5, 0.6) is 17.2 Å². The molecule has 0 aliphatic carbocycles. The van der Waals surface area contributed by atoms with Crippen LogP contribution in [-0.4, -0.2) is 64.7 Å². The van der Waals surface area contributed by atoms with Crippen LogP contribution in [0.3, 0.4) is 0 Å². The largest absolute Gasteiger partial charge is 0.494 e. The monoisotopic (exact) mass is 503 g/mol. The minimum absolute atomic E-state index is 0.200. The number of hydrogen-bond donors (Lipinski definition) is 0. The summed E-state index contributed by atoms with van der Waals surface area (Å²) in [5.74, 6) is 1.76. The Labute approximate surface area is 204 Å². The molecule has 1 saturated heterocycles. The summed E-state index contributed by atoms with van der Waals surface area (Å²) in [6.45, 7) is 4.58. The highest BCUT2D eigenvalue weighted by atomic mass is 32.2. The van der Waals surface area contributed by atoms with Crippen molar-refractivity contribution >= 4 is 26.5 Å². The summed E-state index contributed by atoms with van der Waals surface area (Å²) in [5.41, 5.74) is 2.18. The first-order valence-electron chi connectivity index (χ1n) is 11.1. The zero-order valence-corrected chi connectivity index (χ0v) is 21.2. The Kier molecular flexibility index (Phi) is 7.60. The van der Waals surface area contributed by atoms with Crippen LogP contribution in [0.4, 0.5) is 5.13 Å². The van der Waals surface area contributed by atoms with Crippen LogP contribution in [0.25, 0.3) is 0 Å². The number of sulfonamides is 1. The third-order valence-electron chi connectivity index (χ3n) is 5.66. The van der Waals surface area contributed by atoms with E-state index in [1.807, 2.05) is 19.1 Å². The van der Waals surface area contributed by atoms with Crippen molar-refractivity contribution in [2.24, 2.45) is 0 Å². The number of rotatable bonds is 9. The normalized spacial score (nSPS) is 14.7. The van der Waals surface area contributed by atoms with Crippen LogP contribution in [0.2, 0.25) is 0 Å². The molecule has 8 nitrogen and oxygen atoms in total. The van der Waals surface area contributed by atoms with Gasteiger partial charge in [0.05, 0.1) is 31.4 Å². The summed E-state index contributed by atoms with van der Waals surface area (Å²) in [6.07, 6.45) is 0.747. The standard InChI is InChI=1S/C24H29N3O5S2/c1-4-32-20-7-5-18(6-8-20)15-19-17-33-24(25-19)26-11-13-27(14-12-26)34(28,29)21-9-10-22(30-2)23(16-21)31-3/h5-10,16-17H,4,11-15H2,1-3H3. The average Bonchev–Trinajstić information content (AvgIpc) is 3.33. The number of benzene rings is 2. The lowest BCUT2D eigenvalue weighted by Gasteiger charge is -2.33. The van der Waals surface area contributed by atoms with E-state index in [-0.39, 0.29) is 4.90 Å². The van der Waals surface area contributed by atoms with Gasteiger partial charge in [0.15, 0.2) is 16.6 Å². The third kappa shape index (κ3) is 5.29. The minimum atomic E-state index is -3.62. The number of anilines is 1. The molecule has 0 amide bonds. The van der Waals surface area contributed by atoms with Crippen LogP contribution >= 0.6 is 11.3 Å². The quantitative estimate of drug-likeness (QED) is 0.441. The summed E-state index contributed by atoms with van der Waals surface area (Å²) in [5, 5.41) is 2.99. The first-order valence-corrected chi connectivity index (χ1v) is 13.4. The van der Waals surface area contributed by atoms with Crippen LogP contribution in [0.15, 0.2) is 52.7 Å². The van der Waals surface area contributed by atoms with Gasteiger partial charge in [-0.05, 0) is 36.8 Å². The molecule has 3 aromatic rings. The molecule has 0 N–H and O–H groups in total. The number of thiazole rings is 1. The van der Waals surface area contributed by atoms with Gasteiger partial charge in [-0.2, -0.15) is 4.31 Å². The van der Waals surface area contributed by atoms with Crippen molar-refractivity contribution in [1.82, 2.24) is 9.29 Å². The summed E-state index contributed by atoms with van der Waals surface area (Å²) in [6, 6.07) is 12.7. The summed E-state index contributed by atoms with van der Waals surface area (Å²) in [7, 11) is -0.612.